The summed E-state index contributed by atoms with van der Waals surface area (Å²) in [4.78, 5) is 0. The molecule has 0 atom stereocenters. The number of hydrogen-bond donors (Lipinski definition) is 1. The van der Waals surface area contributed by atoms with Crippen LogP contribution < -0.4 is 10.1 Å². The predicted octanol–water partition coefficient (Wildman–Crippen LogP) is 5.19. The molecule has 2 nitrogen and oxygen atoms in total. The van der Waals surface area contributed by atoms with Crippen LogP contribution in [0.3, 0.4) is 0 Å². The molecule has 0 saturated heterocycles. The van der Waals surface area contributed by atoms with E-state index in [9.17, 15) is 13.2 Å². The lowest BCUT2D eigenvalue weighted by Crippen LogP contribution is -2.06. The number of ether oxygens (including phenoxy) is 1. The van der Waals surface area contributed by atoms with E-state index in [-0.39, 0.29) is 6.54 Å². The van der Waals surface area contributed by atoms with Gasteiger partial charge in [0, 0.05) is 16.6 Å². The lowest BCUT2D eigenvalue weighted by molar-refractivity contribution is -0.137. The van der Waals surface area contributed by atoms with Crippen molar-refractivity contribution in [2.24, 2.45) is 0 Å². The fraction of sp³-hybridized carbons (Fsp3) is 0.143. The molecule has 0 spiro atoms. The van der Waals surface area contributed by atoms with Crippen molar-refractivity contribution in [2.45, 2.75) is 12.7 Å². The highest BCUT2D eigenvalue weighted by atomic mass is 79.9. The van der Waals surface area contributed by atoms with Crippen molar-refractivity contribution >= 4 is 21.6 Å². The third-order valence-corrected chi connectivity index (χ3v) is 3.51. The highest BCUT2D eigenvalue weighted by Crippen LogP contribution is 2.39. The summed E-state index contributed by atoms with van der Waals surface area (Å²) >= 11 is 3.34. The van der Waals surface area contributed by atoms with Gasteiger partial charge in [0.05, 0.1) is 11.3 Å². The van der Waals surface area contributed by atoms with Gasteiger partial charge in [-0.2, -0.15) is 13.2 Å². The van der Waals surface area contributed by atoms with E-state index in [0.29, 0.717) is 17.1 Å². The number of nitrogens with one attached hydrogen (secondary N) is 1. The highest BCUT2D eigenvalue weighted by molar-refractivity contribution is 9.10. The van der Waals surface area contributed by atoms with Crippen molar-refractivity contribution in [2.75, 3.05) is 5.32 Å². The first-order valence-corrected chi connectivity index (χ1v) is 6.64. The summed E-state index contributed by atoms with van der Waals surface area (Å²) in [6.07, 6.45) is -4.35. The second-order valence-electron chi connectivity index (χ2n) is 4.42. The number of fused-ring (bicyclic) bond motifs is 2. The van der Waals surface area contributed by atoms with E-state index in [1.807, 2.05) is 12.1 Å². The average molecular weight is 344 g/mol. The maximum absolute atomic E-state index is 12.7. The molecular formula is C14H9BrF3NO. The van der Waals surface area contributed by atoms with Crippen LogP contribution >= 0.6 is 15.9 Å². The molecule has 0 saturated carbocycles. The number of hydrogen-bond acceptors (Lipinski definition) is 2. The molecule has 0 unspecified atom stereocenters. The molecule has 104 valence electrons. The zero-order valence-corrected chi connectivity index (χ0v) is 11.7. The van der Waals surface area contributed by atoms with Crippen molar-refractivity contribution in [3.63, 3.8) is 0 Å². The number of anilines is 1. The standard InChI is InChI=1S/C14H9BrF3NO/c15-10-2-4-13-11(6-10)19-7-8-5-9(14(16,17)18)1-3-12(8)20-13/h1-6,19H,7H2. The van der Waals surface area contributed by atoms with E-state index in [1.165, 1.54) is 6.07 Å². The van der Waals surface area contributed by atoms with E-state index in [1.54, 1.807) is 6.07 Å². The molecule has 2 aromatic carbocycles. The van der Waals surface area contributed by atoms with E-state index < -0.39 is 11.7 Å². The molecule has 0 amide bonds. The minimum atomic E-state index is -4.35. The Kier molecular flexibility index (Phi) is 3.12. The molecule has 6 heteroatoms. The molecule has 0 aromatic heterocycles. The first-order chi connectivity index (χ1) is 9.43. The summed E-state index contributed by atoms with van der Waals surface area (Å²) in [5, 5.41) is 3.08. The van der Waals surface area contributed by atoms with Crippen molar-refractivity contribution in [3.05, 3.63) is 52.0 Å². The van der Waals surface area contributed by atoms with Crippen molar-refractivity contribution < 1.29 is 17.9 Å². The smallest absolute Gasteiger partial charge is 0.416 e. The molecule has 3 rings (SSSR count). The van der Waals surface area contributed by atoms with Gasteiger partial charge >= 0.3 is 6.18 Å². The molecule has 1 N–H and O–H groups in total. The second-order valence-corrected chi connectivity index (χ2v) is 5.33. The van der Waals surface area contributed by atoms with Crippen LogP contribution in [0.2, 0.25) is 0 Å². The van der Waals surface area contributed by atoms with Crippen LogP contribution in [-0.4, -0.2) is 0 Å². The third kappa shape index (κ3) is 2.47. The fourth-order valence-corrected chi connectivity index (χ4v) is 2.39. The van der Waals surface area contributed by atoms with E-state index in [0.717, 1.165) is 22.3 Å². The third-order valence-electron chi connectivity index (χ3n) is 3.02. The number of halogens is 4. The van der Waals surface area contributed by atoms with Gasteiger partial charge in [-0.25, -0.2) is 0 Å². The number of alkyl halides is 3. The van der Waals surface area contributed by atoms with Gasteiger partial charge < -0.3 is 10.1 Å². The van der Waals surface area contributed by atoms with Crippen LogP contribution in [0.1, 0.15) is 11.1 Å². The summed E-state index contributed by atoms with van der Waals surface area (Å²) in [7, 11) is 0. The lowest BCUT2D eigenvalue weighted by Gasteiger charge is -2.11. The molecule has 0 bridgehead atoms. The Labute approximate surface area is 121 Å². The topological polar surface area (TPSA) is 21.3 Å². The lowest BCUT2D eigenvalue weighted by atomic mass is 10.1. The summed E-state index contributed by atoms with van der Waals surface area (Å²) in [6, 6.07) is 8.91. The number of rotatable bonds is 0. The highest BCUT2D eigenvalue weighted by Gasteiger charge is 2.31. The molecule has 2 aromatic rings. The molecule has 0 radical (unpaired) electrons. The quantitative estimate of drug-likeness (QED) is 0.711. The first-order valence-electron chi connectivity index (χ1n) is 5.85. The maximum Gasteiger partial charge on any atom is 0.416 e. The van der Waals surface area contributed by atoms with Gasteiger partial charge in [-0.3, -0.25) is 0 Å². The van der Waals surface area contributed by atoms with Crippen molar-refractivity contribution in [1.82, 2.24) is 0 Å². The molecule has 1 aliphatic heterocycles. The van der Waals surface area contributed by atoms with E-state index in [4.69, 9.17) is 4.74 Å². The fourth-order valence-electron chi connectivity index (χ4n) is 2.03. The van der Waals surface area contributed by atoms with E-state index in [2.05, 4.69) is 21.2 Å². The summed E-state index contributed by atoms with van der Waals surface area (Å²) in [6.45, 7) is 0.280. The van der Waals surface area contributed by atoms with Crippen LogP contribution in [0.15, 0.2) is 40.9 Å². The zero-order valence-electron chi connectivity index (χ0n) is 10.1. The van der Waals surface area contributed by atoms with Gasteiger partial charge in [0.2, 0.25) is 0 Å². The molecule has 20 heavy (non-hydrogen) atoms. The summed E-state index contributed by atoms with van der Waals surface area (Å²) in [5.41, 5.74) is 0.546. The normalized spacial score (nSPS) is 13.6. The van der Waals surface area contributed by atoms with Crippen LogP contribution in [0.25, 0.3) is 0 Å². The second kappa shape index (κ2) is 4.70. The summed E-state index contributed by atoms with van der Waals surface area (Å²) in [5.74, 6) is 1.03. The van der Waals surface area contributed by atoms with Crippen LogP contribution in [-0.2, 0) is 12.7 Å². The molecule has 0 fully saturated rings. The zero-order chi connectivity index (χ0) is 14.3. The van der Waals surface area contributed by atoms with Gasteiger partial charge in [0.1, 0.15) is 5.75 Å². The van der Waals surface area contributed by atoms with Crippen LogP contribution in [0, 0.1) is 0 Å². The Bertz CT molecular complexity index is 670. The van der Waals surface area contributed by atoms with Gasteiger partial charge in [-0.15, -0.1) is 0 Å². The monoisotopic (exact) mass is 343 g/mol. The minimum Gasteiger partial charge on any atom is -0.455 e. The van der Waals surface area contributed by atoms with Crippen molar-refractivity contribution in [3.8, 4) is 11.5 Å². The predicted molar refractivity (Wildman–Crippen MR) is 73.0 cm³/mol. The van der Waals surface area contributed by atoms with Gasteiger partial charge in [0.25, 0.3) is 0 Å². The van der Waals surface area contributed by atoms with Crippen LogP contribution in [0.4, 0.5) is 18.9 Å². The molecule has 0 aliphatic carbocycles. The Morgan fingerprint density at radius 3 is 2.55 bits per heavy atom. The number of benzene rings is 2. The van der Waals surface area contributed by atoms with Gasteiger partial charge in [-0.1, -0.05) is 15.9 Å². The van der Waals surface area contributed by atoms with E-state index >= 15 is 0 Å². The Hall–Kier alpha value is -1.69. The van der Waals surface area contributed by atoms with Crippen LogP contribution in [0.5, 0.6) is 11.5 Å². The minimum absolute atomic E-state index is 0.280. The van der Waals surface area contributed by atoms with Crippen molar-refractivity contribution in [1.29, 1.82) is 0 Å². The van der Waals surface area contributed by atoms with Gasteiger partial charge in [0.15, 0.2) is 5.75 Å². The average Bonchev–Trinajstić information content (AvgIpc) is 2.56. The molecule has 1 heterocycles. The Morgan fingerprint density at radius 2 is 1.80 bits per heavy atom. The maximum atomic E-state index is 12.7. The summed E-state index contributed by atoms with van der Waals surface area (Å²) < 4.78 is 44.7. The molecule has 1 aliphatic rings. The van der Waals surface area contributed by atoms with Gasteiger partial charge in [-0.05, 0) is 36.4 Å². The Balaban J connectivity index is 2.01. The Morgan fingerprint density at radius 1 is 1.05 bits per heavy atom. The first kappa shape index (κ1) is 13.3. The largest absolute Gasteiger partial charge is 0.455 e. The SMILES string of the molecule is FC(F)(F)c1ccc2c(c1)CNc1cc(Br)ccc1O2. The molecular weight excluding hydrogens is 335 g/mol.